The molecule has 0 aliphatic rings. The van der Waals surface area contributed by atoms with E-state index in [9.17, 15) is 24.6 Å². The van der Waals surface area contributed by atoms with E-state index in [-0.39, 0.29) is 34.5 Å². The zero-order valence-corrected chi connectivity index (χ0v) is 16.1. The van der Waals surface area contributed by atoms with Gasteiger partial charge in [0.1, 0.15) is 22.6 Å². The summed E-state index contributed by atoms with van der Waals surface area (Å²) in [6.45, 7) is 7.31. The first-order valence-corrected chi connectivity index (χ1v) is 8.75. The van der Waals surface area contributed by atoms with Crippen LogP contribution in [0.2, 0.25) is 0 Å². The number of hydrogen-bond donors (Lipinski definition) is 2. The molecule has 148 valence electrons. The van der Waals surface area contributed by atoms with E-state index in [1.54, 1.807) is 12.1 Å². The van der Waals surface area contributed by atoms with Gasteiger partial charge in [0.25, 0.3) is 0 Å². The van der Waals surface area contributed by atoms with E-state index in [4.69, 9.17) is 0 Å². The topological polar surface area (TPSA) is 110 Å². The molecule has 0 heterocycles. The molecule has 0 atom stereocenters. The maximum Gasteiger partial charge on any atom is 0.524 e. The molecule has 0 saturated heterocycles. The number of carbonyl (C=O) groups is 3. The zero-order valence-electron chi connectivity index (χ0n) is 16.1. The summed E-state index contributed by atoms with van der Waals surface area (Å²) >= 11 is 0. The molecular weight excluding hydrogens is 364 g/mol. The minimum atomic E-state index is -1.56. The van der Waals surface area contributed by atoms with E-state index in [1.165, 1.54) is 24.3 Å². The maximum atomic E-state index is 12.1. The first kappa shape index (κ1) is 21.0. The highest BCUT2D eigenvalue weighted by Gasteiger charge is 2.24. The van der Waals surface area contributed by atoms with E-state index in [2.05, 4.69) is 9.47 Å². The summed E-state index contributed by atoms with van der Waals surface area (Å²) in [4.78, 5) is 36.1. The summed E-state index contributed by atoms with van der Waals surface area (Å²) < 4.78 is 9.00. The van der Waals surface area contributed by atoms with Crippen molar-refractivity contribution in [3.05, 3.63) is 58.7 Å². The lowest BCUT2D eigenvalue weighted by atomic mass is 9.99. The van der Waals surface area contributed by atoms with E-state index in [0.717, 1.165) is 0 Å². The largest absolute Gasteiger partial charge is 0.524 e. The highest BCUT2D eigenvalue weighted by atomic mass is 16.8. The highest BCUT2D eigenvalue weighted by molar-refractivity contribution is 6.02. The number of ether oxygens (including phenoxy) is 2. The van der Waals surface area contributed by atoms with E-state index < -0.39 is 18.1 Å². The minimum absolute atomic E-state index is 0.0579. The quantitative estimate of drug-likeness (QED) is 0.589. The Morgan fingerprint density at radius 2 is 1.07 bits per heavy atom. The number of esters is 2. The van der Waals surface area contributed by atoms with Crippen LogP contribution in [0, 0.1) is 0 Å². The summed E-state index contributed by atoms with van der Waals surface area (Å²) in [6.07, 6.45) is -1.56. The molecule has 2 rings (SSSR count). The van der Waals surface area contributed by atoms with Crippen LogP contribution in [-0.2, 0) is 9.47 Å². The first-order chi connectivity index (χ1) is 13.1. The van der Waals surface area contributed by atoms with Crippen LogP contribution in [0.25, 0.3) is 0 Å². The predicted molar refractivity (Wildman–Crippen MR) is 101 cm³/mol. The van der Waals surface area contributed by atoms with Crippen molar-refractivity contribution in [3.8, 4) is 11.5 Å². The van der Waals surface area contributed by atoms with Crippen LogP contribution < -0.4 is 0 Å². The minimum Gasteiger partial charge on any atom is -0.507 e. The van der Waals surface area contributed by atoms with Gasteiger partial charge >= 0.3 is 18.1 Å². The molecule has 0 aliphatic carbocycles. The van der Waals surface area contributed by atoms with E-state index in [1.807, 2.05) is 27.7 Å². The van der Waals surface area contributed by atoms with Crippen molar-refractivity contribution >= 4 is 18.1 Å². The van der Waals surface area contributed by atoms with Gasteiger partial charge in [-0.1, -0.05) is 52.0 Å². The smallest absolute Gasteiger partial charge is 0.507 e. The van der Waals surface area contributed by atoms with Gasteiger partial charge in [0.2, 0.25) is 0 Å². The Balaban J connectivity index is 2.13. The number of carbonyl (C=O) groups excluding carboxylic acids is 3. The molecule has 0 aromatic heterocycles. The summed E-state index contributed by atoms with van der Waals surface area (Å²) in [5, 5.41) is 20.3. The monoisotopic (exact) mass is 386 g/mol. The fourth-order valence-corrected chi connectivity index (χ4v) is 2.67. The van der Waals surface area contributed by atoms with E-state index in [0.29, 0.717) is 11.1 Å². The number of hydrogen-bond acceptors (Lipinski definition) is 7. The van der Waals surface area contributed by atoms with Crippen molar-refractivity contribution in [2.75, 3.05) is 0 Å². The second kappa shape index (κ2) is 8.56. The Kier molecular flexibility index (Phi) is 6.41. The van der Waals surface area contributed by atoms with Crippen LogP contribution in [0.3, 0.4) is 0 Å². The lowest BCUT2D eigenvalue weighted by Crippen LogP contribution is -2.18. The van der Waals surface area contributed by atoms with Crippen molar-refractivity contribution < 1.29 is 34.1 Å². The summed E-state index contributed by atoms with van der Waals surface area (Å²) in [5.74, 6) is -3.03. The van der Waals surface area contributed by atoms with Gasteiger partial charge in [-0.05, 0) is 35.1 Å². The molecule has 0 saturated carbocycles. The molecule has 7 heteroatoms. The zero-order chi connectivity index (χ0) is 21.0. The van der Waals surface area contributed by atoms with Crippen molar-refractivity contribution in [2.24, 2.45) is 0 Å². The Morgan fingerprint density at radius 3 is 1.39 bits per heavy atom. The second-order valence-electron chi connectivity index (χ2n) is 6.83. The number of para-hydroxylation sites is 2. The standard InChI is InChI=1S/C21H22O7/c1-11(2)13-7-5-9-15(17(13)22)19(24)27-21(26)28-20(25)16-10-6-8-14(12(3)4)18(16)23/h5-12,22-23H,1-4H3. The average molecular weight is 386 g/mol. The lowest BCUT2D eigenvalue weighted by molar-refractivity contribution is 0.0335. The molecular formula is C21H22O7. The third-order valence-corrected chi connectivity index (χ3v) is 4.17. The molecule has 2 aromatic rings. The number of benzene rings is 2. The molecule has 28 heavy (non-hydrogen) atoms. The van der Waals surface area contributed by atoms with Crippen LogP contribution in [-0.4, -0.2) is 28.3 Å². The fourth-order valence-electron chi connectivity index (χ4n) is 2.67. The molecule has 0 fully saturated rings. The summed E-state index contributed by atoms with van der Waals surface area (Å²) in [6, 6.07) is 8.94. The van der Waals surface area contributed by atoms with Gasteiger partial charge in [0.05, 0.1) is 0 Å². The molecule has 7 nitrogen and oxygen atoms in total. The highest BCUT2D eigenvalue weighted by Crippen LogP contribution is 2.30. The number of aromatic hydroxyl groups is 2. The van der Waals surface area contributed by atoms with Crippen LogP contribution >= 0.6 is 0 Å². The molecule has 2 aromatic carbocycles. The molecule has 2 N–H and O–H groups in total. The first-order valence-electron chi connectivity index (χ1n) is 8.75. The van der Waals surface area contributed by atoms with E-state index >= 15 is 0 Å². The van der Waals surface area contributed by atoms with Crippen molar-refractivity contribution in [3.63, 3.8) is 0 Å². The van der Waals surface area contributed by atoms with Crippen molar-refractivity contribution in [2.45, 2.75) is 39.5 Å². The van der Waals surface area contributed by atoms with Gasteiger partial charge in [-0.15, -0.1) is 0 Å². The SMILES string of the molecule is CC(C)c1cccc(C(=O)OC(=O)OC(=O)c2cccc(C(C)C)c2O)c1O. The molecule has 0 aliphatic heterocycles. The average Bonchev–Trinajstić information content (AvgIpc) is 2.61. The predicted octanol–water partition coefficient (Wildman–Crippen LogP) is 4.48. The molecule has 0 bridgehead atoms. The van der Waals surface area contributed by atoms with Gasteiger partial charge in [0, 0.05) is 0 Å². The Morgan fingerprint density at radius 1 is 0.714 bits per heavy atom. The van der Waals surface area contributed by atoms with Crippen LogP contribution in [0.5, 0.6) is 11.5 Å². The molecule has 0 spiro atoms. The number of phenols is 2. The van der Waals surface area contributed by atoms with Crippen molar-refractivity contribution in [1.82, 2.24) is 0 Å². The van der Waals surface area contributed by atoms with Crippen LogP contribution in [0.15, 0.2) is 36.4 Å². The maximum absolute atomic E-state index is 12.1. The summed E-state index contributed by atoms with van der Waals surface area (Å²) in [7, 11) is 0. The molecule has 0 amide bonds. The van der Waals surface area contributed by atoms with Crippen LogP contribution in [0.4, 0.5) is 4.79 Å². The van der Waals surface area contributed by atoms with Crippen LogP contribution in [0.1, 0.15) is 71.4 Å². The van der Waals surface area contributed by atoms with Gasteiger partial charge in [-0.25, -0.2) is 14.4 Å². The number of rotatable bonds is 4. The fraction of sp³-hybridized carbons (Fsp3) is 0.286. The third kappa shape index (κ3) is 4.49. The molecule has 0 radical (unpaired) electrons. The van der Waals surface area contributed by atoms with Crippen molar-refractivity contribution in [1.29, 1.82) is 0 Å². The summed E-state index contributed by atoms with van der Waals surface area (Å²) in [5.41, 5.74) is 0.573. The lowest BCUT2D eigenvalue weighted by Gasteiger charge is -2.12. The second-order valence-corrected chi connectivity index (χ2v) is 6.83. The molecule has 0 unspecified atom stereocenters. The van der Waals surface area contributed by atoms with Gasteiger partial charge in [0.15, 0.2) is 0 Å². The Labute approximate surface area is 162 Å². The normalized spacial score (nSPS) is 10.8. The Bertz CT molecular complexity index is 839. The van der Waals surface area contributed by atoms with Gasteiger partial charge in [-0.3, -0.25) is 0 Å². The number of phenolic OH excluding ortho intramolecular Hbond substituents is 2. The third-order valence-electron chi connectivity index (χ3n) is 4.17. The Hall–Kier alpha value is -3.35. The van der Waals surface area contributed by atoms with Gasteiger partial charge < -0.3 is 19.7 Å². The van der Waals surface area contributed by atoms with Gasteiger partial charge in [-0.2, -0.15) is 0 Å².